The van der Waals surface area contributed by atoms with Crippen molar-refractivity contribution >= 4 is 11.9 Å². The number of amides is 1. The van der Waals surface area contributed by atoms with Crippen molar-refractivity contribution in [3.63, 3.8) is 0 Å². The molecule has 2 aromatic rings. The van der Waals surface area contributed by atoms with Crippen LogP contribution in [0, 0.1) is 0 Å². The van der Waals surface area contributed by atoms with Gasteiger partial charge in [0.15, 0.2) is 0 Å². The van der Waals surface area contributed by atoms with Crippen LogP contribution in [-0.4, -0.2) is 30.0 Å². The third-order valence-corrected chi connectivity index (χ3v) is 4.35. The maximum atomic E-state index is 12.3. The van der Waals surface area contributed by atoms with Crippen molar-refractivity contribution < 1.29 is 14.3 Å². The summed E-state index contributed by atoms with van der Waals surface area (Å²) in [4.78, 5) is 24.6. The van der Waals surface area contributed by atoms with Crippen molar-refractivity contribution in [1.82, 2.24) is 10.6 Å². The first kappa shape index (κ1) is 17.2. The molecule has 3 rings (SSSR count). The molecule has 2 aromatic carbocycles. The Morgan fingerprint density at radius 2 is 1.76 bits per heavy atom. The second kappa shape index (κ2) is 7.49. The maximum absolute atomic E-state index is 12.3. The van der Waals surface area contributed by atoms with E-state index in [2.05, 4.69) is 10.6 Å². The molecule has 130 valence electrons. The second-order valence-electron chi connectivity index (χ2n) is 6.61. The summed E-state index contributed by atoms with van der Waals surface area (Å²) in [6.45, 7) is 2.72. The number of rotatable bonds is 5. The van der Waals surface area contributed by atoms with Gasteiger partial charge >= 0.3 is 5.97 Å². The molecule has 0 aromatic heterocycles. The van der Waals surface area contributed by atoms with Crippen molar-refractivity contribution in [2.75, 3.05) is 6.54 Å². The molecule has 1 aliphatic rings. The number of hydrogen-bond acceptors (Lipinski definition) is 4. The van der Waals surface area contributed by atoms with Gasteiger partial charge in [-0.2, -0.15) is 0 Å². The molecule has 2 N–H and O–H groups in total. The summed E-state index contributed by atoms with van der Waals surface area (Å²) in [5.74, 6) is -0.426. The van der Waals surface area contributed by atoms with Gasteiger partial charge < -0.3 is 15.4 Å². The Morgan fingerprint density at radius 3 is 2.44 bits per heavy atom. The van der Waals surface area contributed by atoms with E-state index < -0.39 is 11.6 Å². The first-order valence-corrected chi connectivity index (χ1v) is 8.37. The quantitative estimate of drug-likeness (QED) is 0.821. The lowest BCUT2D eigenvalue weighted by molar-refractivity contribution is -0.147. The Hall–Kier alpha value is -2.66. The van der Waals surface area contributed by atoms with Crippen molar-refractivity contribution in [3.05, 3.63) is 71.8 Å². The van der Waals surface area contributed by atoms with Crippen molar-refractivity contribution in [2.45, 2.75) is 31.5 Å². The summed E-state index contributed by atoms with van der Waals surface area (Å²) < 4.78 is 5.38. The van der Waals surface area contributed by atoms with Crippen LogP contribution >= 0.6 is 0 Å². The molecule has 1 fully saturated rings. The molecule has 2 atom stereocenters. The van der Waals surface area contributed by atoms with Crippen LogP contribution in [0.5, 0.6) is 0 Å². The summed E-state index contributed by atoms with van der Waals surface area (Å²) in [5, 5.41) is 6.17. The molecule has 5 heteroatoms. The summed E-state index contributed by atoms with van der Waals surface area (Å²) >= 11 is 0. The zero-order valence-corrected chi connectivity index (χ0v) is 14.2. The van der Waals surface area contributed by atoms with Crippen molar-refractivity contribution in [1.29, 1.82) is 0 Å². The van der Waals surface area contributed by atoms with E-state index in [-0.39, 0.29) is 18.5 Å². The Morgan fingerprint density at radius 1 is 1.12 bits per heavy atom. The average Bonchev–Trinajstić information content (AvgIpc) is 3.03. The van der Waals surface area contributed by atoms with Crippen LogP contribution in [0.1, 0.15) is 29.3 Å². The van der Waals surface area contributed by atoms with Crippen LogP contribution in [0.15, 0.2) is 60.7 Å². The van der Waals surface area contributed by atoms with Crippen LogP contribution in [0.4, 0.5) is 0 Å². The van der Waals surface area contributed by atoms with Gasteiger partial charge in [0.1, 0.15) is 12.6 Å². The highest BCUT2D eigenvalue weighted by atomic mass is 16.5. The van der Waals surface area contributed by atoms with E-state index in [0.29, 0.717) is 18.5 Å². The van der Waals surface area contributed by atoms with E-state index in [1.54, 1.807) is 12.1 Å². The monoisotopic (exact) mass is 338 g/mol. The lowest BCUT2D eigenvalue weighted by atomic mass is 9.97. The summed E-state index contributed by atoms with van der Waals surface area (Å²) in [6, 6.07) is 18.2. The van der Waals surface area contributed by atoms with Crippen LogP contribution in [0.25, 0.3) is 0 Å². The largest absolute Gasteiger partial charge is 0.460 e. The maximum Gasteiger partial charge on any atom is 0.323 e. The lowest BCUT2D eigenvalue weighted by Crippen LogP contribution is -2.47. The topological polar surface area (TPSA) is 67.4 Å². The van der Waals surface area contributed by atoms with Crippen molar-refractivity contribution in [3.8, 4) is 0 Å². The van der Waals surface area contributed by atoms with Gasteiger partial charge in [0.05, 0.1) is 5.54 Å². The molecule has 0 aliphatic carbocycles. The van der Waals surface area contributed by atoms with Gasteiger partial charge in [-0.3, -0.25) is 9.59 Å². The van der Waals surface area contributed by atoms with Crippen LogP contribution < -0.4 is 10.6 Å². The fourth-order valence-electron chi connectivity index (χ4n) is 2.97. The molecule has 1 heterocycles. The minimum absolute atomic E-state index is 0.136. The van der Waals surface area contributed by atoms with Crippen molar-refractivity contribution in [2.24, 2.45) is 0 Å². The molecule has 0 radical (unpaired) electrons. The molecule has 25 heavy (non-hydrogen) atoms. The molecular weight excluding hydrogens is 316 g/mol. The molecule has 1 aliphatic heterocycles. The second-order valence-corrected chi connectivity index (χ2v) is 6.61. The third kappa shape index (κ3) is 4.45. The molecule has 0 spiro atoms. The highest BCUT2D eigenvalue weighted by Crippen LogP contribution is 2.21. The molecule has 1 saturated heterocycles. The standard InChI is InChI=1S/C20H22N2O3/c1-20(22-18(23)16-10-6-3-7-11-16)12-17(21-14-20)19(24)25-13-15-8-4-2-5-9-15/h2-11,17,21H,12-14H2,1H3,(H,22,23). The van der Waals surface area contributed by atoms with E-state index in [1.807, 2.05) is 55.5 Å². The van der Waals surface area contributed by atoms with E-state index in [1.165, 1.54) is 0 Å². The van der Waals surface area contributed by atoms with Gasteiger partial charge in [0.2, 0.25) is 0 Å². The third-order valence-electron chi connectivity index (χ3n) is 4.35. The number of carbonyl (C=O) groups is 2. The van der Waals surface area contributed by atoms with Crippen LogP contribution in [0.2, 0.25) is 0 Å². The molecule has 0 saturated carbocycles. The summed E-state index contributed by atoms with van der Waals surface area (Å²) in [7, 11) is 0. The Labute approximate surface area is 147 Å². The minimum Gasteiger partial charge on any atom is -0.460 e. The van der Waals surface area contributed by atoms with Gasteiger partial charge in [-0.05, 0) is 31.0 Å². The zero-order chi connectivity index (χ0) is 17.7. The van der Waals surface area contributed by atoms with Crippen LogP contribution in [-0.2, 0) is 16.1 Å². The fraction of sp³-hybridized carbons (Fsp3) is 0.300. The van der Waals surface area contributed by atoms with Crippen LogP contribution in [0.3, 0.4) is 0 Å². The molecule has 1 amide bonds. The Kier molecular flexibility index (Phi) is 5.14. The number of hydrogen-bond donors (Lipinski definition) is 2. The average molecular weight is 338 g/mol. The van der Waals surface area contributed by atoms with Gasteiger partial charge in [0.25, 0.3) is 5.91 Å². The SMILES string of the molecule is CC1(NC(=O)c2ccccc2)CNC(C(=O)OCc2ccccc2)C1. The molecular formula is C20H22N2O3. The van der Waals surface area contributed by atoms with E-state index in [0.717, 1.165) is 5.56 Å². The lowest BCUT2D eigenvalue weighted by Gasteiger charge is -2.24. The number of esters is 1. The van der Waals surface area contributed by atoms with E-state index >= 15 is 0 Å². The first-order valence-electron chi connectivity index (χ1n) is 8.37. The smallest absolute Gasteiger partial charge is 0.323 e. The first-order chi connectivity index (χ1) is 12.1. The highest BCUT2D eigenvalue weighted by Gasteiger charge is 2.40. The summed E-state index contributed by atoms with van der Waals surface area (Å²) in [5.41, 5.74) is 1.08. The van der Waals surface area contributed by atoms with E-state index in [9.17, 15) is 9.59 Å². The Balaban J connectivity index is 1.53. The normalized spacial score (nSPS) is 22.4. The molecule has 5 nitrogen and oxygen atoms in total. The molecule has 0 bridgehead atoms. The number of nitrogens with one attached hydrogen (secondary N) is 2. The van der Waals surface area contributed by atoms with Gasteiger partial charge in [-0.1, -0.05) is 48.5 Å². The van der Waals surface area contributed by atoms with Gasteiger partial charge in [-0.25, -0.2) is 0 Å². The predicted molar refractivity (Wildman–Crippen MR) is 95.0 cm³/mol. The molecule has 2 unspecified atom stereocenters. The highest BCUT2D eigenvalue weighted by molar-refractivity contribution is 5.94. The fourth-order valence-corrected chi connectivity index (χ4v) is 2.97. The van der Waals surface area contributed by atoms with Gasteiger partial charge in [-0.15, -0.1) is 0 Å². The summed E-state index contributed by atoms with van der Waals surface area (Å²) in [6.07, 6.45) is 0.499. The minimum atomic E-state index is -0.483. The predicted octanol–water partition coefficient (Wildman–Crippen LogP) is 2.28. The number of carbonyl (C=O) groups excluding carboxylic acids is 2. The van der Waals surface area contributed by atoms with Gasteiger partial charge in [0, 0.05) is 12.1 Å². The Bertz CT molecular complexity index is 733. The number of benzene rings is 2. The number of ether oxygens (including phenoxy) is 1. The van der Waals surface area contributed by atoms with E-state index in [4.69, 9.17) is 4.74 Å². The zero-order valence-electron chi connectivity index (χ0n) is 14.2.